The molecule has 122 valence electrons. The summed E-state index contributed by atoms with van der Waals surface area (Å²) in [6.07, 6.45) is 2.52. The Hall–Kier alpha value is -2.14. The molecule has 23 heavy (non-hydrogen) atoms. The van der Waals surface area contributed by atoms with E-state index in [9.17, 15) is 9.90 Å². The van der Waals surface area contributed by atoms with E-state index in [0.29, 0.717) is 19.5 Å². The topological polar surface area (TPSA) is 58.4 Å². The van der Waals surface area contributed by atoms with Crippen LogP contribution in [0.2, 0.25) is 0 Å². The number of rotatable bonds is 3. The Morgan fingerprint density at radius 3 is 2.70 bits per heavy atom. The smallest absolute Gasteiger partial charge is 0.227 e. The SMILES string of the molecule is Cc1nn(C)cc1CC(=O)N1CC[C@H](c2ccccc2)[C@H](O)C1. The van der Waals surface area contributed by atoms with E-state index in [1.807, 2.05) is 50.5 Å². The van der Waals surface area contributed by atoms with Gasteiger partial charge in [-0.05, 0) is 18.9 Å². The van der Waals surface area contributed by atoms with Crippen molar-refractivity contribution in [1.82, 2.24) is 14.7 Å². The monoisotopic (exact) mass is 313 g/mol. The molecule has 1 fully saturated rings. The highest BCUT2D eigenvalue weighted by Gasteiger charge is 2.31. The quantitative estimate of drug-likeness (QED) is 0.937. The molecule has 0 bridgehead atoms. The van der Waals surface area contributed by atoms with E-state index in [2.05, 4.69) is 5.10 Å². The Balaban J connectivity index is 1.63. The molecule has 1 aliphatic rings. The molecule has 0 radical (unpaired) electrons. The van der Waals surface area contributed by atoms with Crippen LogP contribution < -0.4 is 0 Å². The van der Waals surface area contributed by atoms with Crippen LogP contribution in [-0.2, 0) is 18.3 Å². The van der Waals surface area contributed by atoms with Gasteiger partial charge in [-0.25, -0.2) is 0 Å². The zero-order valence-electron chi connectivity index (χ0n) is 13.6. The Morgan fingerprint density at radius 2 is 2.09 bits per heavy atom. The number of aromatic nitrogens is 2. The Bertz CT molecular complexity index is 681. The fourth-order valence-electron chi connectivity index (χ4n) is 3.34. The van der Waals surface area contributed by atoms with Crippen LogP contribution in [0.3, 0.4) is 0 Å². The van der Waals surface area contributed by atoms with E-state index in [1.54, 1.807) is 9.58 Å². The lowest BCUT2D eigenvalue weighted by atomic mass is 9.87. The molecule has 5 heteroatoms. The number of hydrogen-bond acceptors (Lipinski definition) is 3. The van der Waals surface area contributed by atoms with Crippen LogP contribution >= 0.6 is 0 Å². The summed E-state index contributed by atoms with van der Waals surface area (Å²) in [6, 6.07) is 10.1. The Kier molecular flexibility index (Phi) is 4.48. The molecule has 0 unspecified atom stereocenters. The number of aliphatic hydroxyl groups is 1. The van der Waals surface area contributed by atoms with Gasteiger partial charge < -0.3 is 10.0 Å². The van der Waals surface area contributed by atoms with Crippen molar-refractivity contribution in [1.29, 1.82) is 0 Å². The third-order valence-electron chi connectivity index (χ3n) is 4.62. The number of aryl methyl sites for hydroxylation is 2. The molecule has 1 saturated heterocycles. The number of nitrogens with zero attached hydrogens (tertiary/aromatic N) is 3. The minimum absolute atomic E-state index is 0.0617. The van der Waals surface area contributed by atoms with Gasteiger partial charge in [-0.2, -0.15) is 5.10 Å². The fourth-order valence-corrected chi connectivity index (χ4v) is 3.34. The average Bonchev–Trinajstić information content (AvgIpc) is 2.85. The number of hydrogen-bond donors (Lipinski definition) is 1. The first-order chi connectivity index (χ1) is 11.0. The lowest BCUT2D eigenvalue weighted by molar-refractivity contribution is -0.134. The standard InChI is InChI=1S/C18H23N3O2/c1-13-15(11-20(2)19-13)10-18(23)21-9-8-16(17(22)12-21)14-6-4-3-5-7-14/h3-7,11,16-17,22H,8-10,12H2,1-2H3/t16-,17-/m1/s1. The molecule has 5 nitrogen and oxygen atoms in total. The molecule has 2 heterocycles. The van der Waals surface area contributed by atoms with Gasteiger partial charge in [-0.1, -0.05) is 30.3 Å². The zero-order valence-corrected chi connectivity index (χ0v) is 13.6. The first-order valence-electron chi connectivity index (χ1n) is 8.04. The van der Waals surface area contributed by atoms with Gasteiger partial charge in [0.2, 0.25) is 5.91 Å². The molecule has 0 saturated carbocycles. The highest BCUT2D eigenvalue weighted by atomic mass is 16.3. The van der Waals surface area contributed by atoms with Gasteiger partial charge in [0, 0.05) is 37.8 Å². The molecule has 1 aromatic carbocycles. The summed E-state index contributed by atoms with van der Waals surface area (Å²) in [5.41, 5.74) is 2.99. The first kappa shape index (κ1) is 15.7. The van der Waals surface area contributed by atoms with E-state index in [4.69, 9.17) is 0 Å². The van der Waals surface area contributed by atoms with Crippen LogP contribution in [0.4, 0.5) is 0 Å². The van der Waals surface area contributed by atoms with E-state index < -0.39 is 6.10 Å². The highest BCUT2D eigenvalue weighted by Crippen LogP contribution is 2.28. The van der Waals surface area contributed by atoms with Crippen molar-refractivity contribution in [2.24, 2.45) is 7.05 Å². The summed E-state index contributed by atoms with van der Waals surface area (Å²) in [7, 11) is 1.86. The molecule has 0 spiro atoms. The van der Waals surface area contributed by atoms with Crippen molar-refractivity contribution >= 4 is 5.91 Å². The first-order valence-corrected chi connectivity index (χ1v) is 8.04. The van der Waals surface area contributed by atoms with Gasteiger partial charge >= 0.3 is 0 Å². The predicted molar refractivity (Wildman–Crippen MR) is 88.0 cm³/mol. The van der Waals surface area contributed by atoms with Crippen LogP contribution in [0, 0.1) is 6.92 Å². The van der Waals surface area contributed by atoms with Crippen LogP contribution in [0.25, 0.3) is 0 Å². The maximum Gasteiger partial charge on any atom is 0.227 e. The summed E-state index contributed by atoms with van der Waals surface area (Å²) >= 11 is 0. The van der Waals surface area contributed by atoms with Gasteiger partial charge in [0.1, 0.15) is 0 Å². The molecule has 2 atom stereocenters. The molecule has 1 aromatic heterocycles. The van der Waals surface area contributed by atoms with Crippen molar-refractivity contribution in [2.45, 2.75) is 31.8 Å². The molecular formula is C18H23N3O2. The summed E-state index contributed by atoms with van der Waals surface area (Å²) in [5, 5.41) is 14.7. The van der Waals surface area contributed by atoms with Crippen LogP contribution in [0.1, 0.15) is 29.2 Å². The van der Waals surface area contributed by atoms with Crippen LogP contribution in [0.5, 0.6) is 0 Å². The lowest BCUT2D eigenvalue weighted by Crippen LogP contribution is -2.46. The van der Waals surface area contributed by atoms with Gasteiger partial charge in [-0.3, -0.25) is 9.48 Å². The molecule has 1 N–H and O–H groups in total. The third-order valence-corrected chi connectivity index (χ3v) is 4.62. The van der Waals surface area contributed by atoms with Crippen LogP contribution in [0.15, 0.2) is 36.5 Å². The Labute approximate surface area is 136 Å². The fraction of sp³-hybridized carbons (Fsp3) is 0.444. The minimum atomic E-state index is -0.509. The normalized spacial score (nSPS) is 21.4. The van der Waals surface area contributed by atoms with Crippen LogP contribution in [-0.4, -0.2) is 44.9 Å². The number of piperidine rings is 1. The molecule has 1 amide bonds. The van der Waals surface area contributed by atoms with Gasteiger partial charge in [0.15, 0.2) is 0 Å². The third kappa shape index (κ3) is 3.45. The minimum Gasteiger partial charge on any atom is -0.391 e. The van der Waals surface area contributed by atoms with E-state index >= 15 is 0 Å². The second-order valence-corrected chi connectivity index (χ2v) is 6.30. The number of β-amino-alcohol motifs (C(OH)–C–C–N with tert-alkyl or cyclic N) is 1. The summed E-state index contributed by atoms with van der Waals surface area (Å²) in [5.74, 6) is 0.173. The van der Waals surface area contributed by atoms with Gasteiger partial charge in [-0.15, -0.1) is 0 Å². The summed E-state index contributed by atoms with van der Waals surface area (Å²) < 4.78 is 1.73. The number of amides is 1. The van der Waals surface area contributed by atoms with Crippen molar-refractivity contribution in [3.8, 4) is 0 Å². The second kappa shape index (κ2) is 6.54. The molecule has 1 aliphatic heterocycles. The zero-order chi connectivity index (χ0) is 16.4. The average molecular weight is 313 g/mol. The van der Waals surface area contributed by atoms with Gasteiger partial charge in [0.25, 0.3) is 0 Å². The molecule has 2 aromatic rings. The predicted octanol–water partition coefficient (Wildman–Crippen LogP) is 1.65. The number of aliphatic hydroxyl groups excluding tert-OH is 1. The van der Waals surface area contributed by atoms with Crippen molar-refractivity contribution in [3.63, 3.8) is 0 Å². The second-order valence-electron chi connectivity index (χ2n) is 6.30. The van der Waals surface area contributed by atoms with Gasteiger partial charge in [0.05, 0.1) is 18.2 Å². The molecule has 0 aliphatic carbocycles. The largest absolute Gasteiger partial charge is 0.391 e. The molecule has 3 rings (SSSR count). The number of carbonyl (C=O) groups is 1. The highest BCUT2D eigenvalue weighted by molar-refractivity contribution is 5.79. The maximum absolute atomic E-state index is 12.5. The van der Waals surface area contributed by atoms with Crippen molar-refractivity contribution < 1.29 is 9.90 Å². The maximum atomic E-state index is 12.5. The Morgan fingerprint density at radius 1 is 1.35 bits per heavy atom. The van der Waals surface area contributed by atoms with E-state index in [-0.39, 0.29) is 11.8 Å². The number of carbonyl (C=O) groups excluding carboxylic acids is 1. The lowest BCUT2D eigenvalue weighted by Gasteiger charge is -2.36. The van der Waals surface area contributed by atoms with E-state index in [1.165, 1.54) is 0 Å². The van der Waals surface area contributed by atoms with Crippen molar-refractivity contribution in [3.05, 3.63) is 53.3 Å². The van der Waals surface area contributed by atoms with Crippen molar-refractivity contribution in [2.75, 3.05) is 13.1 Å². The summed E-state index contributed by atoms with van der Waals surface area (Å²) in [4.78, 5) is 14.3. The van der Waals surface area contributed by atoms with E-state index in [0.717, 1.165) is 23.2 Å². The summed E-state index contributed by atoms with van der Waals surface area (Å²) in [6.45, 7) is 3.01. The number of benzene rings is 1. The molecular weight excluding hydrogens is 290 g/mol. The number of likely N-dealkylation sites (tertiary alicyclic amines) is 1.